The van der Waals surface area contributed by atoms with Gasteiger partial charge in [-0.15, -0.1) is 0 Å². The molecule has 10 rings (SSSR count). The number of hydrogen-bond acceptors (Lipinski definition) is 1. The summed E-state index contributed by atoms with van der Waals surface area (Å²) in [5.41, 5.74) is 9.80. The summed E-state index contributed by atoms with van der Waals surface area (Å²) in [5, 5.41) is 9.53. The molecule has 0 bridgehead atoms. The maximum atomic E-state index is 13.7. The molecule has 230 valence electrons. The second-order valence-electron chi connectivity index (χ2n) is 13.0. The van der Waals surface area contributed by atoms with Crippen LogP contribution in [0.1, 0.15) is 0 Å². The van der Waals surface area contributed by atoms with Gasteiger partial charge in [-0.25, -0.2) is 4.79 Å². The van der Waals surface area contributed by atoms with Gasteiger partial charge in [0, 0.05) is 17.8 Å². The van der Waals surface area contributed by atoms with Gasteiger partial charge in [-0.2, -0.15) is 0 Å². The number of rotatable bonds is 3. The SMILES string of the molecule is Cn1c(=O)n2c3cc(-c4cccc(-c5c6ccccc6c(-c6ccc7ccccc7c6)c6ccccc56)c4)ccc3cc2c2ccccc21. The van der Waals surface area contributed by atoms with Crippen molar-refractivity contribution >= 4 is 59.6 Å². The molecule has 0 unspecified atom stereocenters. The molecule has 2 aromatic heterocycles. The maximum absolute atomic E-state index is 13.7. The maximum Gasteiger partial charge on any atom is 0.333 e. The Morgan fingerprint density at radius 3 is 1.61 bits per heavy atom. The van der Waals surface area contributed by atoms with E-state index in [9.17, 15) is 4.79 Å². The van der Waals surface area contributed by atoms with Crippen LogP contribution in [-0.2, 0) is 7.05 Å². The fourth-order valence-electron chi connectivity index (χ4n) is 7.97. The Balaban J connectivity index is 1.19. The van der Waals surface area contributed by atoms with Crippen molar-refractivity contribution in [1.29, 1.82) is 0 Å². The van der Waals surface area contributed by atoms with Crippen LogP contribution in [0.4, 0.5) is 0 Å². The van der Waals surface area contributed by atoms with E-state index in [4.69, 9.17) is 0 Å². The normalized spacial score (nSPS) is 11.9. The minimum atomic E-state index is -0.0426. The van der Waals surface area contributed by atoms with Gasteiger partial charge < -0.3 is 0 Å². The minimum absolute atomic E-state index is 0.0426. The van der Waals surface area contributed by atoms with Crippen LogP contribution in [0.5, 0.6) is 0 Å². The summed E-state index contributed by atoms with van der Waals surface area (Å²) < 4.78 is 3.60. The van der Waals surface area contributed by atoms with Crippen molar-refractivity contribution in [3.63, 3.8) is 0 Å². The largest absolute Gasteiger partial charge is 0.333 e. The van der Waals surface area contributed by atoms with E-state index in [1.165, 1.54) is 49.0 Å². The van der Waals surface area contributed by atoms with Gasteiger partial charge >= 0.3 is 5.69 Å². The number of para-hydroxylation sites is 1. The third-order valence-corrected chi connectivity index (χ3v) is 10.3. The molecule has 0 aliphatic rings. The smallest absolute Gasteiger partial charge is 0.296 e. The van der Waals surface area contributed by atoms with Crippen molar-refractivity contribution < 1.29 is 0 Å². The highest BCUT2D eigenvalue weighted by atomic mass is 16.1. The standard InChI is InChI=1S/C46H30N2O/c1-47-41-20-9-8-19-40(41)43-28-33-23-22-32(27-42(33)48(43)46(47)49)31-13-10-14-34(26-31)44-36-15-4-6-17-38(36)45(39-18-7-5-16-37(39)44)35-24-21-29-11-2-3-12-30(29)25-35/h2-28H,1H3. The predicted molar refractivity (Wildman–Crippen MR) is 206 cm³/mol. The van der Waals surface area contributed by atoms with Gasteiger partial charge in [-0.3, -0.25) is 8.97 Å². The molecular weight excluding hydrogens is 597 g/mol. The topological polar surface area (TPSA) is 26.4 Å². The highest BCUT2D eigenvalue weighted by molar-refractivity contribution is 6.22. The summed E-state index contributed by atoms with van der Waals surface area (Å²) in [5.74, 6) is 0. The highest BCUT2D eigenvalue weighted by Crippen LogP contribution is 2.44. The van der Waals surface area contributed by atoms with Crippen LogP contribution in [0.15, 0.2) is 169 Å². The zero-order valence-corrected chi connectivity index (χ0v) is 26.9. The zero-order valence-electron chi connectivity index (χ0n) is 26.9. The molecule has 0 saturated carbocycles. The fourth-order valence-corrected chi connectivity index (χ4v) is 7.97. The Morgan fingerprint density at radius 2 is 0.898 bits per heavy atom. The molecule has 0 N–H and O–H groups in total. The van der Waals surface area contributed by atoms with E-state index in [1.54, 1.807) is 4.57 Å². The Hall–Kier alpha value is -6.45. The third kappa shape index (κ3) is 4.12. The van der Waals surface area contributed by atoms with Crippen molar-refractivity contribution in [3.05, 3.63) is 174 Å². The van der Waals surface area contributed by atoms with Gasteiger partial charge in [0.25, 0.3) is 0 Å². The van der Waals surface area contributed by atoms with Crippen molar-refractivity contribution in [2.45, 2.75) is 0 Å². The van der Waals surface area contributed by atoms with E-state index in [0.29, 0.717) is 0 Å². The van der Waals surface area contributed by atoms with Crippen molar-refractivity contribution in [2.24, 2.45) is 7.05 Å². The monoisotopic (exact) mass is 626 g/mol. The van der Waals surface area contributed by atoms with E-state index < -0.39 is 0 Å². The number of aryl methyl sites for hydroxylation is 1. The molecular formula is C46H30N2O. The lowest BCUT2D eigenvalue weighted by molar-refractivity contribution is 0.838. The highest BCUT2D eigenvalue weighted by Gasteiger charge is 2.18. The first-order valence-corrected chi connectivity index (χ1v) is 16.7. The molecule has 0 spiro atoms. The molecule has 10 aromatic rings. The van der Waals surface area contributed by atoms with Gasteiger partial charge in [0.2, 0.25) is 0 Å². The predicted octanol–water partition coefficient (Wildman–Crippen LogP) is 11.4. The molecule has 8 aromatic carbocycles. The van der Waals surface area contributed by atoms with Crippen molar-refractivity contribution in [1.82, 2.24) is 8.97 Å². The first-order valence-electron chi connectivity index (χ1n) is 16.7. The van der Waals surface area contributed by atoms with E-state index >= 15 is 0 Å². The van der Waals surface area contributed by atoms with E-state index in [2.05, 4.69) is 146 Å². The lowest BCUT2D eigenvalue weighted by Crippen LogP contribution is -2.24. The summed E-state index contributed by atoms with van der Waals surface area (Å²) >= 11 is 0. The number of nitrogens with zero attached hydrogens (tertiary/aromatic N) is 2. The summed E-state index contributed by atoms with van der Waals surface area (Å²) in [6.07, 6.45) is 0. The molecule has 2 heterocycles. The minimum Gasteiger partial charge on any atom is -0.296 e. The van der Waals surface area contributed by atoms with Gasteiger partial charge in [0.05, 0.1) is 16.6 Å². The summed E-state index contributed by atoms with van der Waals surface area (Å²) in [7, 11) is 1.85. The summed E-state index contributed by atoms with van der Waals surface area (Å²) in [6, 6.07) is 58.5. The first kappa shape index (κ1) is 27.6. The average Bonchev–Trinajstić information content (AvgIpc) is 3.55. The Bertz CT molecular complexity index is 2980. The molecule has 0 amide bonds. The van der Waals surface area contributed by atoms with Gasteiger partial charge in [-0.05, 0) is 96.0 Å². The first-order chi connectivity index (χ1) is 24.1. The molecule has 0 fully saturated rings. The van der Waals surface area contributed by atoms with Crippen LogP contribution in [-0.4, -0.2) is 8.97 Å². The van der Waals surface area contributed by atoms with Gasteiger partial charge in [-0.1, -0.05) is 133 Å². The number of hydrogen-bond donors (Lipinski definition) is 0. The molecule has 0 radical (unpaired) electrons. The Labute approximate surface area is 282 Å². The lowest BCUT2D eigenvalue weighted by atomic mass is 9.85. The molecule has 0 aliphatic carbocycles. The summed E-state index contributed by atoms with van der Waals surface area (Å²) in [4.78, 5) is 13.7. The van der Waals surface area contributed by atoms with Crippen LogP contribution in [0, 0.1) is 0 Å². The number of aromatic nitrogens is 2. The average molecular weight is 627 g/mol. The van der Waals surface area contributed by atoms with E-state index in [-0.39, 0.29) is 5.69 Å². The Morgan fingerprint density at radius 1 is 0.367 bits per heavy atom. The quantitative estimate of drug-likeness (QED) is 0.179. The second-order valence-corrected chi connectivity index (χ2v) is 13.0. The molecule has 0 atom stereocenters. The van der Waals surface area contributed by atoms with Crippen molar-refractivity contribution in [2.75, 3.05) is 0 Å². The number of benzene rings is 8. The van der Waals surface area contributed by atoms with E-state index in [1.807, 2.05) is 29.6 Å². The zero-order chi connectivity index (χ0) is 32.6. The molecule has 3 nitrogen and oxygen atoms in total. The number of fused-ring (bicyclic) bond motifs is 8. The van der Waals surface area contributed by atoms with Crippen LogP contribution in [0.3, 0.4) is 0 Å². The van der Waals surface area contributed by atoms with Crippen LogP contribution in [0.2, 0.25) is 0 Å². The van der Waals surface area contributed by atoms with Crippen LogP contribution in [0.25, 0.3) is 93.0 Å². The molecule has 3 heteroatoms. The van der Waals surface area contributed by atoms with Gasteiger partial charge in [0.15, 0.2) is 0 Å². The second kappa shape index (κ2) is 10.5. The van der Waals surface area contributed by atoms with Crippen LogP contribution < -0.4 is 5.69 Å². The Kier molecular flexibility index (Phi) is 5.94. The van der Waals surface area contributed by atoms with Crippen molar-refractivity contribution in [3.8, 4) is 33.4 Å². The molecule has 0 aliphatic heterocycles. The molecule has 49 heavy (non-hydrogen) atoms. The third-order valence-electron chi connectivity index (χ3n) is 10.3. The fraction of sp³-hybridized carbons (Fsp3) is 0.0217. The van der Waals surface area contributed by atoms with Crippen LogP contribution >= 0.6 is 0 Å². The van der Waals surface area contributed by atoms with E-state index in [0.717, 1.165) is 44.0 Å². The lowest BCUT2D eigenvalue weighted by Gasteiger charge is -2.18. The van der Waals surface area contributed by atoms with Gasteiger partial charge in [0.1, 0.15) is 0 Å². The summed E-state index contributed by atoms with van der Waals surface area (Å²) in [6.45, 7) is 0. The molecule has 0 saturated heterocycles.